The monoisotopic (exact) mass is 446 g/mol. The molecular weight excluding hydrogens is 417 g/mol. The van der Waals surface area contributed by atoms with Crippen LogP contribution in [0, 0.1) is 5.41 Å². The molecule has 1 saturated heterocycles. The summed E-state index contributed by atoms with van der Waals surface area (Å²) in [6, 6.07) is 4.89. The average molecular weight is 447 g/mol. The fourth-order valence-electron chi connectivity index (χ4n) is 5.18. The third-order valence-corrected chi connectivity index (χ3v) is 6.68. The van der Waals surface area contributed by atoms with E-state index in [2.05, 4.69) is 5.32 Å². The van der Waals surface area contributed by atoms with Gasteiger partial charge in [-0.05, 0) is 55.7 Å². The number of rotatable bonds is 2. The number of dihydropyridines is 1. The lowest BCUT2D eigenvalue weighted by atomic mass is 9.68. The van der Waals surface area contributed by atoms with Gasteiger partial charge in [-0.15, -0.1) is 0 Å². The number of nitrogens with zero attached hydrogens (tertiary/aromatic N) is 1. The van der Waals surface area contributed by atoms with E-state index in [1.54, 1.807) is 0 Å². The molecule has 1 aromatic carbocycles. The summed E-state index contributed by atoms with van der Waals surface area (Å²) in [6.45, 7) is 7.18. The molecule has 32 heavy (non-hydrogen) atoms. The fraction of sp³-hybridized carbons (Fsp3) is 0.520. The van der Waals surface area contributed by atoms with E-state index in [-0.39, 0.29) is 17.1 Å². The molecule has 1 fully saturated rings. The molecule has 1 unspecified atom stereocenters. The molecule has 7 heteroatoms. The van der Waals surface area contributed by atoms with E-state index in [1.807, 2.05) is 25.7 Å². The van der Waals surface area contributed by atoms with Crippen LogP contribution in [0.4, 0.5) is 13.2 Å². The third kappa shape index (κ3) is 4.21. The highest BCUT2D eigenvalue weighted by molar-refractivity contribution is 6.05. The Bertz CT molecular complexity index is 997. The van der Waals surface area contributed by atoms with E-state index < -0.39 is 17.7 Å². The summed E-state index contributed by atoms with van der Waals surface area (Å²) < 4.78 is 39.4. The van der Waals surface area contributed by atoms with Crippen LogP contribution in [0.5, 0.6) is 0 Å². The topological polar surface area (TPSA) is 49.4 Å². The largest absolute Gasteiger partial charge is 0.416 e. The molecule has 0 bridgehead atoms. The average Bonchev–Trinajstić information content (AvgIpc) is 2.71. The Morgan fingerprint density at radius 1 is 1.06 bits per heavy atom. The molecule has 4 rings (SSSR count). The van der Waals surface area contributed by atoms with Crippen LogP contribution in [0.15, 0.2) is 46.8 Å². The van der Waals surface area contributed by atoms with Gasteiger partial charge in [0.2, 0.25) is 0 Å². The molecule has 2 heterocycles. The zero-order valence-corrected chi connectivity index (χ0v) is 18.7. The van der Waals surface area contributed by atoms with Crippen molar-refractivity contribution in [3.8, 4) is 0 Å². The van der Waals surface area contributed by atoms with Gasteiger partial charge in [0.05, 0.1) is 5.56 Å². The maximum absolute atomic E-state index is 13.6. The van der Waals surface area contributed by atoms with Gasteiger partial charge in [-0.3, -0.25) is 9.59 Å². The lowest BCUT2D eigenvalue weighted by Crippen LogP contribution is -2.43. The summed E-state index contributed by atoms with van der Waals surface area (Å²) in [5.41, 5.74) is 2.03. The summed E-state index contributed by atoms with van der Waals surface area (Å²) in [6.07, 6.45) is -0.525. The molecule has 1 amide bonds. The van der Waals surface area contributed by atoms with Crippen molar-refractivity contribution in [1.82, 2.24) is 10.2 Å². The van der Waals surface area contributed by atoms with Crippen molar-refractivity contribution in [2.24, 2.45) is 5.41 Å². The number of hydrogen-bond donors (Lipinski definition) is 1. The molecular formula is C25H29F3N2O2. The smallest absolute Gasteiger partial charge is 0.362 e. The highest BCUT2D eigenvalue weighted by Gasteiger charge is 2.43. The van der Waals surface area contributed by atoms with Crippen LogP contribution in [0.25, 0.3) is 0 Å². The number of hydrogen-bond acceptors (Lipinski definition) is 3. The van der Waals surface area contributed by atoms with E-state index >= 15 is 0 Å². The van der Waals surface area contributed by atoms with E-state index in [0.717, 1.165) is 37.1 Å². The molecule has 0 radical (unpaired) electrons. The van der Waals surface area contributed by atoms with Gasteiger partial charge in [-0.2, -0.15) is 13.2 Å². The Morgan fingerprint density at radius 2 is 1.69 bits per heavy atom. The van der Waals surface area contributed by atoms with Crippen LogP contribution in [-0.4, -0.2) is 29.7 Å². The van der Waals surface area contributed by atoms with Gasteiger partial charge in [0.1, 0.15) is 0 Å². The number of likely N-dealkylation sites (tertiary alicyclic amines) is 1. The number of allylic oxidation sites excluding steroid dienone is 3. The van der Waals surface area contributed by atoms with Crippen LogP contribution >= 0.6 is 0 Å². The summed E-state index contributed by atoms with van der Waals surface area (Å²) in [5.74, 6) is -0.847. The highest BCUT2D eigenvalue weighted by atomic mass is 19.4. The van der Waals surface area contributed by atoms with Crippen molar-refractivity contribution in [2.75, 3.05) is 13.1 Å². The molecule has 1 aromatic rings. The number of Topliss-reactive ketones (excluding diaryl/α,β-unsaturated/α-hetero) is 1. The molecule has 1 atom stereocenters. The molecule has 172 valence electrons. The molecule has 0 spiro atoms. The summed E-state index contributed by atoms with van der Waals surface area (Å²) in [5, 5.41) is 3.32. The molecule has 4 nitrogen and oxygen atoms in total. The maximum Gasteiger partial charge on any atom is 0.416 e. The first-order chi connectivity index (χ1) is 15.0. The minimum Gasteiger partial charge on any atom is -0.362 e. The van der Waals surface area contributed by atoms with Crippen molar-refractivity contribution >= 4 is 11.7 Å². The second-order valence-corrected chi connectivity index (χ2v) is 9.90. The number of alkyl halides is 3. The predicted molar refractivity (Wildman–Crippen MR) is 115 cm³/mol. The SMILES string of the molecule is CC1=C(C(=O)N2CCCCC2)C(c2ccc(C(F)(F)F)cc2)C2=C(CC(C)(C)CC2=O)N1. The van der Waals surface area contributed by atoms with Gasteiger partial charge in [0.15, 0.2) is 5.78 Å². The molecule has 0 aromatic heterocycles. The van der Waals surface area contributed by atoms with E-state index in [1.165, 1.54) is 12.1 Å². The van der Waals surface area contributed by atoms with Gasteiger partial charge in [0, 0.05) is 48.0 Å². The molecule has 3 aliphatic rings. The van der Waals surface area contributed by atoms with E-state index in [0.29, 0.717) is 48.3 Å². The normalized spacial score (nSPS) is 23.8. The number of carbonyl (C=O) groups excluding carboxylic acids is 2. The zero-order valence-electron chi connectivity index (χ0n) is 18.7. The van der Waals surface area contributed by atoms with Crippen LogP contribution in [0.2, 0.25) is 0 Å². The second-order valence-electron chi connectivity index (χ2n) is 9.90. The number of ketones is 1. The quantitative estimate of drug-likeness (QED) is 0.669. The number of halogens is 3. The van der Waals surface area contributed by atoms with E-state index in [9.17, 15) is 22.8 Å². The Hall–Kier alpha value is -2.57. The van der Waals surface area contributed by atoms with Crippen LogP contribution in [-0.2, 0) is 15.8 Å². The van der Waals surface area contributed by atoms with Crippen LogP contribution in [0.3, 0.4) is 0 Å². The Balaban J connectivity index is 1.82. The summed E-state index contributed by atoms with van der Waals surface area (Å²) in [7, 11) is 0. The van der Waals surface area contributed by atoms with Crippen LogP contribution in [0.1, 0.15) is 69.9 Å². The third-order valence-electron chi connectivity index (χ3n) is 6.68. The Morgan fingerprint density at radius 3 is 2.28 bits per heavy atom. The lowest BCUT2D eigenvalue weighted by Gasteiger charge is -2.41. The van der Waals surface area contributed by atoms with Crippen molar-refractivity contribution in [3.63, 3.8) is 0 Å². The Labute approximate surface area is 186 Å². The molecule has 1 N–H and O–H groups in total. The zero-order chi connectivity index (χ0) is 23.3. The first kappa shape index (κ1) is 22.6. The summed E-state index contributed by atoms with van der Waals surface area (Å²) >= 11 is 0. The minimum atomic E-state index is -4.44. The minimum absolute atomic E-state index is 0.0508. The number of amides is 1. The van der Waals surface area contributed by atoms with Crippen molar-refractivity contribution in [1.29, 1.82) is 0 Å². The van der Waals surface area contributed by atoms with Gasteiger partial charge in [-0.25, -0.2) is 0 Å². The first-order valence-corrected chi connectivity index (χ1v) is 11.2. The molecule has 2 aliphatic heterocycles. The van der Waals surface area contributed by atoms with Crippen molar-refractivity contribution in [2.45, 2.75) is 65.0 Å². The summed E-state index contributed by atoms with van der Waals surface area (Å²) in [4.78, 5) is 28.7. The number of piperidine rings is 1. The molecule has 0 saturated carbocycles. The van der Waals surface area contributed by atoms with Gasteiger partial charge >= 0.3 is 6.18 Å². The van der Waals surface area contributed by atoms with E-state index in [4.69, 9.17) is 0 Å². The van der Waals surface area contributed by atoms with Crippen LogP contribution < -0.4 is 5.32 Å². The number of benzene rings is 1. The first-order valence-electron chi connectivity index (χ1n) is 11.2. The highest BCUT2D eigenvalue weighted by Crippen LogP contribution is 2.47. The predicted octanol–water partition coefficient (Wildman–Crippen LogP) is 5.32. The van der Waals surface area contributed by atoms with Gasteiger partial charge in [-0.1, -0.05) is 26.0 Å². The van der Waals surface area contributed by atoms with Gasteiger partial charge < -0.3 is 10.2 Å². The van der Waals surface area contributed by atoms with Crippen molar-refractivity contribution < 1.29 is 22.8 Å². The maximum atomic E-state index is 13.6. The Kier molecular flexibility index (Phi) is 5.72. The fourth-order valence-corrected chi connectivity index (χ4v) is 5.18. The number of carbonyl (C=O) groups is 2. The standard InChI is InChI=1S/C25H29F3N2O2/c1-15-20(23(32)30-11-5-4-6-12-30)21(16-7-9-17(10-8-16)25(26,27)28)22-18(29-15)13-24(2,3)14-19(22)31/h7-10,21,29H,4-6,11-14H2,1-3H3. The second kappa shape index (κ2) is 8.09. The lowest BCUT2D eigenvalue weighted by molar-refractivity contribution is -0.137. The van der Waals surface area contributed by atoms with Gasteiger partial charge in [0.25, 0.3) is 5.91 Å². The molecule has 1 aliphatic carbocycles. The van der Waals surface area contributed by atoms with Crippen molar-refractivity contribution in [3.05, 3.63) is 57.9 Å². The number of nitrogens with one attached hydrogen (secondary N) is 1.